The van der Waals surface area contributed by atoms with Crippen molar-refractivity contribution < 1.29 is 9.72 Å². The maximum Gasteiger partial charge on any atom is 0.276 e. The normalized spacial score (nSPS) is 22.6. The maximum absolute atomic E-state index is 12.6. The van der Waals surface area contributed by atoms with E-state index in [0.29, 0.717) is 17.5 Å². The number of benzene rings is 1. The van der Waals surface area contributed by atoms with E-state index in [0.717, 1.165) is 26.2 Å². The summed E-state index contributed by atoms with van der Waals surface area (Å²) < 4.78 is 1.39. The Kier molecular flexibility index (Phi) is 3.49. The van der Waals surface area contributed by atoms with Crippen LogP contribution in [0.15, 0.2) is 30.5 Å². The number of non-ortho nitro benzene ring substituents is 1. The molecule has 0 saturated carbocycles. The molecule has 2 fully saturated rings. The zero-order valence-electron chi connectivity index (χ0n) is 12.8. The van der Waals surface area contributed by atoms with Crippen LogP contribution in [-0.2, 0) is 0 Å². The van der Waals surface area contributed by atoms with Crippen LogP contribution in [0, 0.1) is 22.0 Å². The predicted octanol–water partition coefficient (Wildman–Crippen LogP) is 0.467. The quantitative estimate of drug-likeness (QED) is 0.648. The molecule has 1 N–H and O–H groups in total. The fraction of sp³-hybridized carbons (Fsp3) is 0.400. The summed E-state index contributed by atoms with van der Waals surface area (Å²) in [6, 6.07) is 6.06. The Morgan fingerprint density at radius 3 is 2.75 bits per heavy atom. The zero-order valence-corrected chi connectivity index (χ0v) is 12.8. The monoisotopic (exact) mass is 328 g/mol. The van der Waals surface area contributed by atoms with E-state index in [9.17, 15) is 14.9 Å². The molecule has 2 aromatic rings. The second-order valence-corrected chi connectivity index (χ2v) is 6.21. The average molecular weight is 328 g/mol. The predicted molar refractivity (Wildman–Crippen MR) is 83.8 cm³/mol. The van der Waals surface area contributed by atoms with Gasteiger partial charge in [-0.1, -0.05) is 11.3 Å². The molecule has 1 aromatic heterocycles. The number of aromatic nitrogens is 3. The van der Waals surface area contributed by atoms with Gasteiger partial charge in [-0.05, 0) is 17.9 Å². The first-order valence-electron chi connectivity index (χ1n) is 7.79. The van der Waals surface area contributed by atoms with E-state index in [1.54, 1.807) is 12.1 Å². The average Bonchev–Trinajstić information content (AvgIpc) is 3.29. The van der Waals surface area contributed by atoms with Crippen molar-refractivity contribution in [2.75, 3.05) is 26.2 Å². The van der Waals surface area contributed by atoms with Crippen LogP contribution in [0.2, 0.25) is 0 Å². The van der Waals surface area contributed by atoms with Crippen LogP contribution in [0.25, 0.3) is 5.69 Å². The van der Waals surface area contributed by atoms with Gasteiger partial charge in [-0.2, -0.15) is 0 Å². The Hall–Kier alpha value is -2.81. The number of rotatable bonds is 3. The fourth-order valence-corrected chi connectivity index (χ4v) is 3.42. The summed E-state index contributed by atoms with van der Waals surface area (Å²) in [7, 11) is 0. The molecule has 24 heavy (non-hydrogen) atoms. The standard InChI is InChI=1S/C15H16N6O3/c22-15(19-7-10-5-16-6-11(10)8-19)14-9-20(18-17-14)12-2-1-3-13(4-12)21(23)24/h1-4,9-11,16H,5-8H2/t10-,11+. The molecule has 0 radical (unpaired) electrons. The van der Waals surface area contributed by atoms with E-state index < -0.39 is 4.92 Å². The molecule has 2 saturated heterocycles. The van der Waals surface area contributed by atoms with Gasteiger partial charge >= 0.3 is 0 Å². The lowest BCUT2D eigenvalue weighted by atomic mass is 10.0. The van der Waals surface area contributed by atoms with Gasteiger partial charge in [0, 0.05) is 38.3 Å². The minimum absolute atomic E-state index is 0.0317. The summed E-state index contributed by atoms with van der Waals surface area (Å²) >= 11 is 0. The summed E-state index contributed by atoms with van der Waals surface area (Å²) in [5.41, 5.74) is 0.725. The van der Waals surface area contributed by atoms with Gasteiger partial charge in [-0.25, -0.2) is 4.68 Å². The number of carbonyl (C=O) groups excluding carboxylic acids is 1. The molecule has 3 heterocycles. The van der Waals surface area contributed by atoms with Crippen LogP contribution < -0.4 is 5.32 Å². The molecule has 2 aliphatic heterocycles. The van der Waals surface area contributed by atoms with Crippen molar-refractivity contribution in [1.82, 2.24) is 25.2 Å². The number of nitro benzene ring substituents is 1. The Labute approximate surface area is 137 Å². The zero-order chi connectivity index (χ0) is 16.7. The number of fused-ring (bicyclic) bond motifs is 1. The maximum atomic E-state index is 12.6. The number of hydrogen-bond acceptors (Lipinski definition) is 6. The highest BCUT2D eigenvalue weighted by atomic mass is 16.6. The Morgan fingerprint density at radius 2 is 2.04 bits per heavy atom. The molecule has 4 rings (SSSR count). The number of nitrogens with zero attached hydrogens (tertiary/aromatic N) is 5. The number of likely N-dealkylation sites (tertiary alicyclic amines) is 1. The van der Waals surface area contributed by atoms with Crippen LogP contribution >= 0.6 is 0 Å². The highest BCUT2D eigenvalue weighted by Gasteiger charge is 2.38. The lowest BCUT2D eigenvalue weighted by molar-refractivity contribution is -0.384. The summed E-state index contributed by atoms with van der Waals surface area (Å²) in [6.45, 7) is 3.38. The van der Waals surface area contributed by atoms with Crippen molar-refractivity contribution in [2.24, 2.45) is 11.8 Å². The van der Waals surface area contributed by atoms with Gasteiger partial charge in [-0.15, -0.1) is 5.10 Å². The van der Waals surface area contributed by atoms with Crippen LogP contribution in [0.1, 0.15) is 10.5 Å². The number of nitrogens with one attached hydrogen (secondary N) is 1. The van der Waals surface area contributed by atoms with Gasteiger partial charge in [0.05, 0.1) is 16.8 Å². The third-order valence-electron chi connectivity index (χ3n) is 4.69. The Balaban J connectivity index is 1.53. The summed E-state index contributed by atoms with van der Waals surface area (Å²) in [4.78, 5) is 24.8. The molecule has 0 spiro atoms. The fourth-order valence-electron chi connectivity index (χ4n) is 3.42. The summed E-state index contributed by atoms with van der Waals surface area (Å²) in [5, 5.41) is 22.1. The molecule has 1 amide bonds. The largest absolute Gasteiger partial charge is 0.337 e. The highest BCUT2D eigenvalue weighted by Crippen LogP contribution is 2.27. The first kappa shape index (κ1) is 14.8. The van der Waals surface area contributed by atoms with E-state index in [-0.39, 0.29) is 17.3 Å². The van der Waals surface area contributed by atoms with Crippen LogP contribution in [0.4, 0.5) is 5.69 Å². The molecule has 124 valence electrons. The third-order valence-corrected chi connectivity index (χ3v) is 4.69. The second kappa shape index (κ2) is 5.68. The SMILES string of the molecule is O=C(c1cn(-c2cccc([N+](=O)[O-])c2)nn1)N1C[C@H]2CNC[C@H]2C1. The first-order chi connectivity index (χ1) is 11.6. The molecular weight excluding hydrogens is 312 g/mol. The number of hydrogen-bond donors (Lipinski definition) is 1. The smallest absolute Gasteiger partial charge is 0.276 e. The van der Waals surface area contributed by atoms with Crippen molar-refractivity contribution in [2.45, 2.75) is 0 Å². The molecule has 1 aromatic carbocycles. The van der Waals surface area contributed by atoms with Gasteiger partial charge in [0.25, 0.3) is 11.6 Å². The summed E-state index contributed by atoms with van der Waals surface area (Å²) in [6.07, 6.45) is 1.52. The van der Waals surface area contributed by atoms with Gasteiger partial charge in [0.15, 0.2) is 5.69 Å². The van der Waals surface area contributed by atoms with Crippen molar-refractivity contribution in [3.63, 3.8) is 0 Å². The molecule has 0 unspecified atom stereocenters. The minimum Gasteiger partial charge on any atom is -0.337 e. The van der Waals surface area contributed by atoms with Crippen LogP contribution in [0.5, 0.6) is 0 Å². The minimum atomic E-state index is -0.469. The number of carbonyl (C=O) groups is 1. The molecule has 2 aliphatic rings. The molecule has 0 aliphatic carbocycles. The van der Waals surface area contributed by atoms with E-state index >= 15 is 0 Å². The highest BCUT2D eigenvalue weighted by molar-refractivity contribution is 5.92. The molecule has 9 heteroatoms. The van der Waals surface area contributed by atoms with Gasteiger partial charge < -0.3 is 10.2 Å². The van der Waals surface area contributed by atoms with Crippen molar-refractivity contribution >= 4 is 11.6 Å². The Morgan fingerprint density at radius 1 is 1.29 bits per heavy atom. The van der Waals surface area contributed by atoms with Crippen LogP contribution in [-0.4, -0.2) is 56.9 Å². The number of amides is 1. The van der Waals surface area contributed by atoms with E-state index in [2.05, 4.69) is 15.6 Å². The van der Waals surface area contributed by atoms with Crippen molar-refractivity contribution in [3.8, 4) is 5.69 Å². The van der Waals surface area contributed by atoms with Crippen molar-refractivity contribution in [1.29, 1.82) is 0 Å². The third kappa shape index (κ3) is 2.52. The van der Waals surface area contributed by atoms with Crippen molar-refractivity contribution in [3.05, 3.63) is 46.3 Å². The lowest BCUT2D eigenvalue weighted by Crippen LogP contribution is -2.32. The van der Waals surface area contributed by atoms with E-state index in [1.165, 1.54) is 23.0 Å². The Bertz CT molecular complexity index is 792. The number of nitro groups is 1. The van der Waals surface area contributed by atoms with E-state index in [4.69, 9.17) is 0 Å². The van der Waals surface area contributed by atoms with Gasteiger partial charge in [-0.3, -0.25) is 14.9 Å². The second-order valence-electron chi connectivity index (χ2n) is 6.21. The molecular formula is C15H16N6O3. The summed E-state index contributed by atoms with van der Waals surface area (Å²) in [5.74, 6) is 0.891. The van der Waals surface area contributed by atoms with Crippen LogP contribution in [0.3, 0.4) is 0 Å². The van der Waals surface area contributed by atoms with E-state index in [1.807, 2.05) is 4.90 Å². The topological polar surface area (TPSA) is 106 Å². The first-order valence-corrected chi connectivity index (χ1v) is 7.79. The van der Waals surface area contributed by atoms with Gasteiger partial charge in [0.2, 0.25) is 0 Å². The van der Waals surface area contributed by atoms with Gasteiger partial charge in [0.1, 0.15) is 0 Å². The molecule has 2 atom stereocenters. The lowest BCUT2D eigenvalue weighted by Gasteiger charge is -2.15. The molecule has 9 nitrogen and oxygen atoms in total. The molecule has 0 bridgehead atoms.